The van der Waals surface area contributed by atoms with E-state index in [0.29, 0.717) is 31.0 Å². The van der Waals surface area contributed by atoms with Gasteiger partial charge in [-0.1, -0.05) is 55.8 Å². The Morgan fingerprint density at radius 3 is 2.31 bits per heavy atom. The van der Waals surface area contributed by atoms with Gasteiger partial charge in [-0.15, -0.1) is 0 Å². The van der Waals surface area contributed by atoms with Crippen LogP contribution in [-0.2, 0) is 4.79 Å². The number of ether oxygens (including phenoxy) is 1. The van der Waals surface area contributed by atoms with Crippen LogP contribution >= 0.6 is 0 Å². The van der Waals surface area contributed by atoms with E-state index >= 15 is 0 Å². The highest BCUT2D eigenvalue weighted by Gasteiger charge is 2.56. The second-order valence-corrected chi connectivity index (χ2v) is 10.9. The molecule has 6 heteroatoms. The molecule has 3 atom stereocenters. The van der Waals surface area contributed by atoms with Crippen molar-refractivity contribution in [2.45, 2.75) is 51.0 Å². The molecule has 0 spiro atoms. The van der Waals surface area contributed by atoms with Gasteiger partial charge in [0.15, 0.2) is 0 Å². The number of anilines is 1. The van der Waals surface area contributed by atoms with Crippen molar-refractivity contribution >= 4 is 17.5 Å². The lowest BCUT2D eigenvalue weighted by atomic mass is 9.79. The second-order valence-electron chi connectivity index (χ2n) is 10.9. The first kappa shape index (κ1) is 26.8. The zero-order valence-electron chi connectivity index (χ0n) is 22.7. The fraction of sp³-hybridized carbons (Fsp3) is 0.394. The molecule has 5 rings (SSSR count). The van der Waals surface area contributed by atoms with Crippen LogP contribution in [0.25, 0.3) is 11.1 Å². The molecule has 0 heterocycles. The summed E-state index contributed by atoms with van der Waals surface area (Å²) >= 11 is 0. The van der Waals surface area contributed by atoms with Crippen LogP contribution in [0.15, 0.2) is 78.9 Å². The van der Waals surface area contributed by atoms with Crippen LogP contribution in [0.4, 0.5) is 5.69 Å². The minimum Gasteiger partial charge on any atom is -0.494 e. The van der Waals surface area contributed by atoms with Crippen LogP contribution in [0.5, 0.6) is 5.75 Å². The quantitative estimate of drug-likeness (QED) is 0.252. The summed E-state index contributed by atoms with van der Waals surface area (Å²) in [6.45, 7) is 3.95. The van der Waals surface area contributed by atoms with Crippen LogP contribution in [0, 0.1) is 11.8 Å². The van der Waals surface area contributed by atoms with E-state index < -0.39 is 5.54 Å². The average molecular weight is 526 g/mol. The number of hydrogen-bond acceptors (Lipinski definition) is 4. The number of fused-ring (bicyclic) bond motifs is 2. The molecule has 3 aromatic carbocycles. The largest absolute Gasteiger partial charge is 0.494 e. The van der Waals surface area contributed by atoms with Gasteiger partial charge in [-0.25, -0.2) is 0 Å². The summed E-state index contributed by atoms with van der Waals surface area (Å²) in [6, 6.07) is 25.6. The van der Waals surface area contributed by atoms with Gasteiger partial charge in [0.05, 0.1) is 6.61 Å². The molecule has 204 valence electrons. The Morgan fingerprint density at radius 1 is 0.897 bits per heavy atom. The molecule has 3 N–H and O–H groups in total. The van der Waals surface area contributed by atoms with E-state index in [4.69, 9.17) is 4.74 Å². The van der Waals surface area contributed by atoms with Gasteiger partial charge in [-0.05, 0) is 91.5 Å². The third kappa shape index (κ3) is 6.27. The first-order valence-corrected chi connectivity index (χ1v) is 14.3. The van der Waals surface area contributed by atoms with Gasteiger partial charge in [0.25, 0.3) is 5.91 Å². The predicted octanol–water partition coefficient (Wildman–Crippen LogP) is 6.05. The Bertz CT molecular complexity index is 1240. The molecule has 2 aliphatic carbocycles. The van der Waals surface area contributed by atoms with E-state index in [9.17, 15) is 9.59 Å². The van der Waals surface area contributed by atoms with Gasteiger partial charge in [-0.2, -0.15) is 0 Å². The second kappa shape index (κ2) is 12.4. The average Bonchev–Trinajstić information content (AvgIpc) is 3.59. The minimum absolute atomic E-state index is 0.0644. The Balaban J connectivity index is 1.17. The van der Waals surface area contributed by atoms with E-state index in [2.05, 4.69) is 35.0 Å². The molecule has 3 unspecified atom stereocenters. The first-order valence-electron chi connectivity index (χ1n) is 14.3. The summed E-state index contributed by atoms with van der Waals surface area (Å²) in [4.78, 5) is 26.9. The molecule has 0 aliphatic heterocycles. The Morgan fingerprint density at radius 2 is 1.64 bits per heavy atom. The lowest BCUT2D eigenvalue weighted by Crippen LogP contribution is -2.62. The van der Waals surface area contributed by atoms with Crippen molar-refractivity contribution in [1.29, 1.82) is 0 Å². The summed E-state index contributed by atoms with van der Waals surface area (Å²) in [6.07, 6.45) is 6.00. The van der Waals surface area contributed by atoms with Crippen molar-refractivity contribution in [2.24, 2.45) is 11.8 Å². The van der Waals surface area contributed by atoms with Crippen molar-refractivity contribution in [2.75, 3.05) is 25.0 Å². The smallest absolute Gasteiger partial charge is 0.252 e. The highest BCUT2D eigenvalue weighted by atomic mass is 16.5. The maximum atomic E-state index is 13.6. The van der Waals surface area contributed by atoms with Crippen molar-refractivity contribution < 1.29 is 14.3 Å². The lowest BCUT2D eigenvalue weighted by molar-refractivity contribution is -0.129. The number of carbonyl (C=O) groups excluding carboxylic acids is 2. The summed E-state index contributed by atoms with van der Waals surface area (Å²) in [5, 5.41) is 9.67. The molecular formula is C33H39N3O3. The van der Waals surface area contributed by atoms with Gasteiger partial charge in [0, 0.05) is 24.3 Å². The maximum Gasteiger partial charge on any atom is 0.252 e. The van der Waals surface area contributed by atoms with Crippen molar-refractivity contribution in [1.82, 2.24) is 10.6 Å². The number of amides is 2. The molecular weight excluding hydrogens is 486 g/mol. The highest BCUT2D eigenvalue weighted by Crippen LogP contribution is 2.51. The topological polar surface area (TPSA) is 79.5 Å². The molecule has 0 saturated heterocycles. The minimum atomic E-state index is -0.838. The maximum absolute atomic E-state index is 13.6. The van der Waals surface area contributed by atoms with Crippen LogP contribution in [0.2, 0.25) is 0 Å². The van der Waals surface area contributed by atoms with Gasteiger partial charge >= 0.3 is 0 Å². The molecule has 2 saturated carbocycles. The fourth-order valence-corrected chi connectivity index (χ4v) is 6.08. The normalized spacial score (nSPS) is 21.4. The molecule has 2 bridgehead atoms. The SMILES string of the molecule is CCCCOc1ccc(NCCNC(=O)C2(NC(=O)c3ccc(-c4ccccc4)cc3)CC3CCC2C3)cc1. The molecule has 0 aromatic heterocycles. The predicted molar refractivity (Wildman–Crippen MR) is 156 cm³/mol. The summed E-state index contributed by atoms with van der Waals surface area (Å²) < 4.78 is 5.72. The van der Waals surface area contributed by atoms with E-state index in [-0.39, 0.29) is 17.7 Å². The van der Waals surface area contributed by atoms with E-state index in [1.54, 1.807) is 0 Å². The number of carbonyl (C=O) groups is 2. The molecule has 6 nitrogen and oxygen atoms in total. The van der Waals surface area contributed by atoms with E-state index in [1.807, 2.05) is 66.7 Å². The van der Waals surface area contributed by atoms with Crippen LogP contribution < -0.4 is 20.7 Å². The van der Waals surface area contributed by atoms with Gasteiger partial charge in [-0.3, -0.25) is 9.59 Å². The van der Waals surface area contributed by atoms with Crippen molar-refractivity contribution in [3.8, 4) is 16.9 Å². The van der Waals surface area contributed by atoms with E-state index in [1.165, 1.54) is 0 Å². The van der Waals surface area contributed by atoms with Crippen LogP contribution in [0.3, 0.4) is 0 Å². The molecule has 0 radical (unpaired) electrons. The monoisotopic (exact) mass is 525 g/mol. The lowest BCUT2D eigenvalue weighted by Gasteiger charge is -2.37. The Hall–Kier alpha value is -3.80. The number of unbranched alkanes of at least 4 members (excludes halogenated alkanes) is 1. The Labute approximate surface area is 231 Å². The third-order valence-electron chi connectivity index (χ3n) is 8.21. The molecule has 39 heavy (non-hydrogen) atoms. The number of rotatable bonds is 12. The molecule has 3 aromatic rings. The number of nitrogens with one attached hydrogen (secondary N) is 3. The summed E-state index contributed by atoms with van der Waals surface area (Å²) in [7, 11) is 0. The summed E-state index contributed by atoms with van der Waals surface area (Å²) in [5.74, 6) is 1.30. The highest BCUT2D eigenvalue weighted by molar-refractivity contribution is 6.00. The standard InChI is InChI=1S/C33H39N3O3/c1-2-3-21-39-30-17-15-29(16-18-30)34-19-20-35-32(38)33(23-24-9-14-28(33)22-24)36-31(37)27-12-10-26(11-13-27)25-7-5-4-6-8-25/h4-8,10-13,15-18,24,28,34H,2-3,9,14,19-23H2,1H3,(H,35,38)(H,36,37). The molecule has 2 amide bonds. The van der Waals surface area contributed by atoms with Crippen molar-refractivity contribution in [3.05, 3.63) is 84.4 Å². The zero-order valence-corrected chi connectivity index (χ0v) is 22.7. The number of benzene rings is 3. The third-order valence-corrected chi connectivity index (χ3v) is 8.21. The van der Waals surface area contributed by atoms with Crippen molar-refractivity contribution in [3.63, 3.8) is 0 Å². The Kier molecular flexibility index (Phi) is 8.50. The summed E-state index contributed by atoms with van der Waals surface area (Å²) in [5.41, 5.74) is 2.89. The van der Waals surface area contributed by atoms with Gasteiger partial charge in [0.2, 0.25) is 5.91 Å². The first-order chi connectivity index (χ1) is 19.1. The zero-order chi connectivity index (χ0) is 27.1. The van der Waals surface area contributed by atoms with Gasteiger partial charge in [0.1, 0.15) is 11.3 Å². The van der Waals surface area contributed by atoms with E-state index in [0.717, 1.165) is 61.3 Å². The van der Waals surface area contributed by atoms with Crippen LogP contribution in [0.1, 0.15) is 55.8 Å². The van der Waals surface area contributed by atoms with Crippen LogP contribution in [-0.4, -0.2) is 37.0 Å². The molecule has 2 fully saturated rings. The number of hydrogen-bond donors (Lipinski definition) is 3. The fourth-order valence-electron chi connectivity index (χ4n) is 6.08. The van der Waals surface area contributed by atoms with Gasteiger partial charge < -0.3 is 20.7 Å². The molecule has 2 aliphatic rings.